The molecular formula is C25H32F6N6O. The van der Waals surface area contributed by atoms with Gasteiger partial charge in [0, 0.05) is 37.9 Å². The first kappa shape index (κ1) is 29.3. The highest BCUT2D eigenvalue weighted by atomic mass is 19.4. The molecule has 1 aliphatic rings. The molecule has 1 aromatic carbocycles. The number of anilines is 2. The Balaban J connectivity index is 1.61. The monoisotopic (exact) mass is 546 g/mol. The van der Waals surface area contributed by atoms with E-state index >= 15 is 0 Å². The summed E-state index contributed by atoms with van der Waals surface area (Å²) < 4.78 is 79.5. The minimum Gasteiger partial charge on any atom is -0.363 e. The van der Waals surface area contributed by atoms with Crippen molar-refractivity contribution in [2.45, 2.75) is 76.4 Å². The van der Waals surface area contributed by atoms with Crippen molar-refractivity contribution >= 4 is 17.8 Å². The molecule has 1 aromatic heterocycles. The second-order valence-corrected chi connectivity index (χ2v) is 10.3. The second kappa shape index (κ2) is 10.9. The first-order chi connectivity index (χ1) is 17.4. The van der Waals surface area contributed by atoms with Crippen LogP contribution in [0.3, 0.4) is 0 Å². The normalized spacial score (nSPS) is 18.6. The van der Waals surface area contributed by atoms with Gasteiger partial charge in [0.25, 0.3) is 0 Å². The number of halogens is 6. The number of nitrogens with zero attached hydrogens (tertiary/aromatic N) is 3. The van der Waals surface area contributed by atoms with Crippen LogP contribution in [0.25, 0.3) is 0 Å². The van der Waals surface area contributed by atoms with Crippen LogP contribution in [-0.2, 0) is 17.9 Å². The number of benzene rings is 1. The highest BCUT2D eigenvalue weighted by Crippen LogP contribution is 2.38. The number of nitrogens with one attached hydrogen (secondary N) is 3. The lowest BCUT2D eigenvalue weighted by atomic mass is 9.90. The van der Waals surface area contributed by atoms with Crippen LogP contribution < -0.4 is 20.9 Å². The summed E-state index contributed by atoms with van der Waals surface area (Å²) in [5.74, 6) is 1.29. The zero-order valence-electron chi connectivity index (χ0n) is 21.8. The van der Waals surface area contributed by atoms with E-state index in [0.717, 1.165) is 11.5 Å². The molecule has 1 heterocycles. The molecule has 0 aliphatic heterocycles. The lowest BCUT2D eigenvalue weighted by molar-refractivity contribution is -0.143. The molecule has 1 saturated carbocycles. The predicted molar refractivity (Wildman–Crippen MR) is 132 cm³/mol. The van der Waals surface area contributed by atoms with Crippen LogP contribution in [0.1, 0.15) is 61.9 Å². The number of rotatable bonds is 6. The molecule has 3 rings (SSSR count). The minimum absolute atomic E-state index is 0.0647. The van der Waals surface area contributed by atoms with E-state index in [4.69, 9.17) is 0 Å². The van der Waals surface area contributed by atoms with Crippen molar-refractivity contribution in [3.05, 3.63) is 46.6 Å². The number of hydrogen-bond acceptors (Lipinski definition) is 5. The van der Waals surface area contributed by atoms with Gasteiger partial charge in [-0.25, -0.2) is 9.78 Å². The SMILES string of the molecule is Cc1cc(N(C)C)nc(NC2CCC(NC(=O)NC(C)(C)c3cc(C(F)(F)F)cc(C(F)(F)F)c3)CC2)n1. The van der Waals surface area contributed by atoms with E-state index in [1.165, 1.54) is 13.8 Å². The van der Waals surface area contributed by atoms with Crippen molar-refractivity contribution in [2.75, 3.05) is 24.3 Å². The van der Waals surface area contributed by atoms with Crippen molar-refractivity contribution in [3.8, 4) is 0 Å². The smallest absolute Gasteiger partial charge is 0.363 e. The Morgan fingerprint density at radius 2 is 1.34 bits per heavy atom. The standard InChI is InChI=1S/C25H32F6N6O/c1-14-10-20(37(4)5)35-21(32-14)33-18-6-8-19(9-7-18)34-22(38)36-23(2,3)15-11-16(24(26,27)28)13-17(12-15)25(29,30)31/h10-13,18-19H,6-9H2,1-5H3,(H,32,33,35)(H2,34,36,38). The highest BCUT2D eigenvalue weighted by molar-refractivity contribution is 5.75. The largest absolute Gasteiger partial charge is 0.416 e. The van der Waals surface area contributed by atoms with E-state index in [1.807, 2.05) is 32.0 Å². The molecule has 2 aromatic rings. The van der Waals surface area contributed by atoms with E-state index in [-0.39, 0.29) is 23.7 Å². The van der Waals surface area contributed by atoms with Gasteiger partial charge < -0.3 is 20.9 Å². The Bertz CT molecular complexity index is 1110. The van der Waals surface area contributed by atoms with Crippen molar-refractivity contribution < 1.29 is 31.1 Å². The molecule has 7 nitrogen and oxygen atoms in total. The fourth-order valence-electron chi connectivity index (χ4n) is 4.30. The minimum atomic E-state index is -4.97. The lowest BCUT2D eigenvalue weighted by Gasteiger charge is -2.32. The first-order valence-electron chi connectivity index (χ1n) is 12.1. The van der Waals surface area contributed by atoms with Crippen molar-refractivity contribution in [1.29, 1.82) is 0 Å². The third-order valence-electron chi connectivity index (χ3n) is 6.43. The Labute approximate surface area is 217 Å². The van der Waals surface area contributed by atoms with Gasteiger partial charge in [-0.15, -0.1) is 0 Å². The molecule has 0 atom stereocenters. The van der Waals surface area contributed by atoms with Gasteiger partial charge in [-0.2, -0.15) is 31.3 Å². The summed E-state index contributed by atoms with van der Waals surface area (Å²) in [7, 11) is 3.77. The van der Waals surface area contributed by atoms with Gasteiger partial charge in [0.1, 0.15) is 5.82 Å². The summed E-state index contributed by atoms with van der Waals surface area (Å²) >= 11 is 0. The van der Waals surface area contributed by atoms with Gasteiger partial charge in [-0.05, 0) is 70.2 Å². The third kappa shape index (κ3) is 7.64. The Kier molecular flexibility index (Phi) is 8.37. The molecule has 3 N–H and O–H groups in total. The Morgan fingerprint density at radius 1 is 0.842 bits per heavy atom. The zero-order valence-corrected chi connectivity index (χ0v) is 21.8. The fraction of sp³-hybridized carbons (Fsp3) is 0.560. The van der Waals surface area contributed by atoms with Crippen LogP contribution in [0.2, 0.25) is 0 Å². The van der Waals surface area contributed by atoms with Gasteiger partial charge >= 0.3 is 18.4 Å². The van der Waals surface area contributed by atoms with Gasteiger partial charge in [-0.3, -0.25) is 0 Å². The molecular weight excluding hydrogens is 514 g/mol. The van der Waals surface area contributed by atoms with Crippen LogP contribution in [0.4, 0.5) is 42.9 Å². The molecule has 0 bridgehead atoms. The fourth-order valence-corrected chi connectivity index (χ4v) is 4.30. The summed E-state index contributed by atoms with van der Waals surface area (Å²) in [6.07, 6.45) is -7.27. The number of carbonyl (C=O) groups is 1. The maximum absolute atomic E-state index is 13.3. The Hall–Kier alpha value is -3.25. The number of hydrogen-bond donors (Lipinski definition) is 3. The topological polar surface area (TPSA) is 82.2 Å². The van der Waals surface area contributed by atoms with Crippen LogP contribution in [0.15, 0.2) is 24.3 Å². The zero-order chi connectivity index (χ0) is 28.5. The summed E-state index contributed by atoms with van der Waals surface area (Å²) in [5, 5.41) is 8.64. The maximum atomic E-state index is 13.3. The quantitative estimate of drug-likeness (QED) is 0.397. The molecule has 0 spiro atoms. The van der Waals surface area contributed by atoms with Gasteiger partial charge in [-0.1, -0.05) is 0 Å². The van der Waals surface area contributed by atoms with E-state index in [0.29, 0.717) is 43.8 Å². The number of aromatic nitrogens is 2. The van der Waals surface area contributed by atoms with E-state index in [2.05, 4.69) is 25.9 Å². The van der Waals surface area contributed by atoms with Gasteiger partial charge in [0.05, 0.1) is 16.7 Å². The van der Waals surface area contributed by atoms with Crippen LogP contribution in [0.5, 0.6) is 0 Å². The number of urea groups is 1. The van der Waals surface area contributed by atoms with E-state index < -0.39 is 35.0 Å². The molecule has 38 heavy (non-hydrogen) atoms. The second-order valence-electron chi connectivity index (χ2n) is 10.3. The Morgan fingerprint density at radius 3 is 1.84 bits per heavy atom. The molecule has 0 unspecified atom stereocenters. The number of carbonyl (C=O) groups excluding carboxylic acids is 1. The van der Waals surface area contributed by atoms with Crippen LogP contribution in [0, 0.1) is 6.92 Å². The molecule has 0 saturated heterocycles. The summed E-state index contributed by atoms with van der Waals surface area (Å²) in [4.78, 5) is 23.5. The number of aryl methyl sites for hydroxylation is 1. The predicted octanol–water partition coefficient (Wildman–Crippen LogP) is 5.85. The van der Waals surface area contributed by atoms with Gasteiger partial charge in [0.15, 0.2) is 0 Å². The van der Waals surface area contributed by atoms with Gasteiger partial charge in [0.2, 0.25) is 5.95 Å². The highest BCUT2D eigenvalue weighted by Gasteiger charge is 2.39. The summed E-state index contributed by atoms with van der Waals surface area (Å²) in [5.41, 5.74) is -3.85. The van der Waals surface area contributed by atoms with Crippen molar-refractivity contribution in [1.82, 2.24) is 20.6 Å². The third-order valence-corrected chi connectivity index (χ3v) is 6.43. The van der Waals surface area contributed by atoms with E-state index in [1.54, 1.807) is 0 Å². The average Bonchev–Trinajstić information content (AvgIpc) is 2.78. The van der Waals surface area contributed by atoms with E-state index in [9.17, 15) is 31.1 Å². The molecule has 13 heteroatoms. The first-order valence-corrected chi connectivity index (χ1v) is 12.1. The van der Waals surface area contributed by atoms with Crippen LogP contribution >= 0.6 is 0 Å². The molecule has 1 fully saturated rings. The molecule has 1 aliphatic carbocycles. The number of amides is 2. The summed E-state index contributed by atoms with van der Waals surface area (Å²) in [6.45, 7) is 4.59. The van der Waals surface area contributed by atoms with Crippen LogP contribution in [-0.4, -0.2) is 42.2 Å². The maximum Gasteiger partial charge on any atom is 0.416 e. The molecule has 2 amide bonds. The lowest BCUT2D eigenvalue weighted by Crippen LogP contribution is -2.50. The average molecular weight is 547 g/mol. The number of alkyl halides is 6. The molecule has 210 valence electrons. The molecule has 0 radical (unpaired) electrons. The van der Waals surface area contributed by atoms with Crippen molar-refractivity contribution in [3.63, 3.8) is 0 Å². The summed E-state index contributed by atoms with van der Waals surface area (Å²) in [6, 6.07) is 2.41. The van der Waals surface area contributed by atoms with Crippen molar-refractivity contribution in [2.24, 2.45) is 0 Å².